The highest BCUT2D eigenvalue weighted by Gasteiger charge is 2.12. The van der Waals surface area contributed by atoms with Crippen molar-refractivity contribution in [2.24, 2.45) is 5.73 Å². The summed E-state index contributed by atoms with van der Waals surface area (Å²) in [6.45, 7) is 1.72. The van der Waals surface area contributed by atoms with Crippen LogP contribution in [0.1, 0.15) is 18.5 Å². The molecule has 0 radical (unpaired) electrons. The highest BCUT2D eigenvalue weighted by molar-refractivity contribution is 9.10. The van der Waals surface area contributed by atoms with Gasteiger partial charge in [0, 0.05) is 11.6 Å². The Labute approximate surface area is 90.5 Å². The number of aromatic hydroxyl groups is 1. The van der Waals surface area contributed by atoms with Crippen molar-refractivity contribution in [1.82, 2.24) is 0 Å². The van der Waals surface area contributed by atoms with Crippen LogP contribution in [0.2, 0.25) is 0 Å². The Kier molecular flexibility index (Phi) is 4.67. The quantitative estimate of drug-likeness (QED) is 0.824. The van der Waals surface area contributed by atoms with Gasteiger partial charge >= 0.3 is 0 Å². The second-order valence-electron chi connectivity index (χ2n) is 2.59. The van der Waals surface area contributed by atoms with Gasteiger partial charge < -0.3 is 10.8 Å². The molecule has 1 aromatic carbocycles. The molecule has 2 nitrogen and oxygen atoms in total. The van der Waals surface area contributed by atoms with E-state index in [4.69, 9.17) is 5.73 Å². The average Bonchev–Trinajstić information content (AvgIpc) is 2.00. The summed E-state index contributed by atoms with van der Waals surface area (Å²) in [5.74, 6) is -0.609. The van der Waals surface area contributed by atoms with Crippen LogP contribution in [0.15, 0.2) is 16.6 Å². The van der Waals surface area contributed by atoms with Crippen LogP contribution in [0.3, 0.4) is 0 Å². The lowest BCUT2D eigenvalue weighted by Gasteiger charge is -2.09. The van der Waals surface area contributed by atoms with Crippen LogP contribution in [0.4, 0.5) is 4.39 Å². The molecule has 0 saturated heterocycles. The molecule has 1 aromatic rings. The third-order valence-electron chi connectivity index (χ3n) is 1.59. The molecule has 0 aliphatic rings. The zero-order valence-corrected chi connectivity index (χ0v) is 9.32. The molecule has 3 N–H and O–H groups in total. The molecule has 13 heavy (non-hydrogen) atoms. The van der Waals surface area contributed by atoms with Crippen molar-refractivity contribution in [2.75, 3.05) is 0 Å². The standard InChI is InChI=1S/C8H9BrFNO.ClH/c1-4(11)5-2-3-6(10)7(9)8(5)12;/h2-4,12H,11H2,1H3;1H/t4-;/m1./s1. The summed E-state index contributed by atoms with van der Waals surface area (Å²) in [4.78, 5) is 0. The first-order valence-electron chi connectivity index (χ1n) is 3.46. The van der Waals surface area contributed by atoms with E-state index >= 15 is 0 Å². The Hall–Kier alpha value is -0.320. The summed E-state index contributed by atoms with van der Waals surface area (Å²) in [6, 6.07) is 2.43. The number of halogens is 3. The lowest BCUT2D eigenvalue weighted by atomic mass is 10.1. The van der Waals surface area contributed by atoms with Gasteiger partial charge in [-0.2, -0.15) is 0 Å². The van der Waals surface area contributed by atoms with Crippen molar-refractivity contribution in [3.63, 3.8) is 0 Å². The fourth-order valence-electron chi connectivity index (χ4n) is 0.922. The molecule has 0 aliphatic carbocycles. The molecule has 0 bridgehead atoms. The summed E-state index contributed by atoms with van der Waals surface area (Å²) in [6.07, 6.45) is 0. The minimum absolute atomic E-state index is 0. The Morgan fingerprint density at radius 3 is 2.54 bits per heavy atom. The van der Waals surface area contributed by atoms with E-state index in [1.165, 1.54) is 12.1 Å². The summed E-state index contributed by atoms with van der Waals surface area (Å²) in [5.41, 5.74) is 6.06. The van der Waals surface area contributed by atoms with E-state index in [0.29, 0.717) is 5.56 Å². The van der Waals surface area contributed by atoms with Crippen molar-refractivity contribution < 1.29 is 9.50 Å². The number of phenols is 1. The molecule has 0 unspecified atom stereocenters. The van der Waals surface area contributed by atoms with Gasteiger partial charge in [-0.3, -0.25) is 0 Å². The lowest BCUT2D eigenvalue weighted by molar-refractivity contribution is 0.452. The predicted molar refractivity (Wildman–Crippen MR) is 55.6 cm³/mol. The van der Waals surface area contributed by atoms with E-state index in [2.05, 4.69) is 15.9 Å². The fourth-order valence-corrected chi connectivity index (χ4v) is 1.28. The highest BCUT2D eigenvalue weighted by atomic mass is 79.9. The van der Waals surface area contributed by atoms with Gasteiger partial charge in [0.15, 0.2) is 0 Å². The zero-order chi connectivity index (χ0) is 9.30. The molecule has 0 spiro atoms. The van der Waals surface area contributed by atoms with E-state index < -0.39 is 5.82 Å². The molecule has 0 aromatic heterocycles. The maximum absolute atomic E-state index is 12.8. The van der Waals surface area contributed by atoms with Crippen LogP contribution in [0.25, 0.3) is 0 Å². The summed E-state index contributed by atoms with van der Waals surface area (Å²) < 4.78 is 12.8. The second-order valence-corrected chi connectivity index (χ2v) is 3.38. The lowest BCUT2D eigenvalue weighted by Crippen LogP contribution is -2.05. The summed E-state index contributed by atoms with van der Waals surface area (Å²) in [5, 5.41) is 9.38. The maximum atomic E-state index is 12.8. The van der Waals surface area contributed by atoms with Crippen LogP contribution in [-0.4, -0.2) is 5.11 Å². The molecule has 0 aliphatic heterocycles. The van der Waals surface area contributed by atoms with Crippen molar-refractivity contribution >= 4 is 28.3 Å². The van der Waals surface area contributed by atoms with Gasteiger partial charge in [0.2, 0.25) is 0 Å². The van der Waals surface area contributed by atoms with Gasteiger partial charge in [0.25, 0.3) is 0 Å². The van der Waals surface area contributed by atoms with Gasteiger partial charge in [-0.05, 0) is 28.9 Å². The Morgan fingerprint density at radius 1 is 1.54 bits per heavy atom. The molecule has 0 amide bonds. The Morgan fingerprint density at radius 2 is 2.08 bits per heavy atom. The molecule has 1 atom stereocenters. The van der Waals surface area contributed by atoms with Gasteiger partial charge in [0.1, 0.15) is 11.6 Å². The predicted octanol–water partition coefficient (Wildman–Crippen LogP) is 2.74. The van der Waals surface area contributed by atoms with Gasteiger partial charge in [-0.15, -0.1) is 12.4 Å². The van der Waals surface area contributed by atoms with Gasteiger partial charge in [0.05, 0.1) is 4.47 Å². The summed E-state index contributed by atoms with van der Waals surface area (Å²) in [7, 11) is 0. The first-order chi connectivity index (χ1) is 5.54. The van der Waals surface area contributed by atoms with E-state index in [0.717, 1.165) is 0 Å². The molecule has 0 saturated carbocycles. The smallest absolute Gasteiger partial charge is 0.141 e. The molecule has 0 fully saturated rings. The third-order valence-corrected chi connectivity index (χ3v) is 2.35. The number of hydrogen-bond acceptors (Lipinski definition) is 2. The first kappa shape index (κ1) is 12.7. The van der Waals surface area contributed by atoms with Crippen LogP contribution < -0.4 is 5.73 Å². The fraction of sp³-hybridized carbons (Fsp3) is 0.250. The van der Waals surface area contributed by atoms with Crippen molar-refractivity contribution in [1.29, 1.82) is 0 Å². The van der Waals surface area contributed by atoms with Crippen LogP contribution >= 0.6 is 28.3 Å². The van der Waals surface area contributed by atoms with Gasteiger partial charge in [-0.1, -0.05) is 6.07 Å². The number of phenolic OH excluding ortho intramolecular Hbond substituents is 1. The van der Waals surface area contributed by atoms with E-state index in [1.54, 1.807) is 6.92 Å². The highest BCUT2D eigenvalue weighted by Crippen LogP contribution is 2.32. The average molecular weight is 271 g/mol. The van der Waals surface area contributed by atoms with E-state index in [-0.39, 0.29) is 28.7 Å². The topological polar surface area (TPSA) is 46.2 Å². The SMILES string of the molecule is C[C@@H](N)c1ccc(F)c(Br)c1O.Cl. The van der Waals surface area contributed by atoms with Crippen molar-refractivity contribution in [3.05, 3.63) is 28.0 Å². The number of nitrogens with two attached hydrogens (primary N) is 1. The van der Waals surface area contributed by atoms with E-state index in [9.17, 15) is 9.50 Å². The molecule has 1 rings (SSSR count). The zero-order valence-electron chi connectivity index (χ0n) is 6.92. The molecule has 0 heterocycles. The molecular formula is C8H10BrClFNO. The third kappa shape index (κ3) is 2.56. The van der Waals surface area contributed by atoms with Crippen LogP contribution in [-0.2, 0) is 0 Å². The summed E-state index contributed by atoms with van der Waals surface area (Å²) >= 11 is 2.92. The normalized spacial score (nSPS) is 12.0. The monoisotopic (exact) mass is 269 g/mol. The molecule has 74 valence electrons. The minimum Gasteiger partial charge on any atom is -0.506 e. The second kappa shape index (κ2) is 4.79. The number of hydrogen-bond donors (Lipinski definition) is 2. The Balaban J connectivity index is 0.00000144. The van der Waals surface area contributed by atoms with Crippen molar-refractivity contribution in [2.45, 2.75) is 13.0 Å². The van der Waals surface area contributed by atoms with Crippen LogP contribution in [0.5, 0.6) is 5.75 Å². The van der Waals surface area contributed by atoms with Gasteiger partial charge in [-0.25, -0.2) is 4.39 Å². The first-order valence-corrected chi connectivity index (χ1v) is 4.25. The molecular weight excluding hydrogens is 260 g/mol. The maximum Gasteiger partial charge on any atom is 0.141 e. The largest absolute Gasteiger partial charge is 0.506 e. The number of rotatable bonds is 1. The van der Waals surface area contributed by atoms with Crippen LogP contribution in [0, 0.1) is 5.82 Å². The molecule has 5 heteroatoms. The number of benzene rings is 1. The Bertz CT molecular complexity index is 306. The van der Waals surface area contributed by atoms with Crippen molar-refractivity contribution in [3.8, 4) is 5.75 Å². The minimum atomic E-state index is -0.489. The van der Waals surface area contributed by atoms with E-state index in [1.807, 2.05) is 0 Å².